The van der Waals surface area contributed by atoms with Gasteiger partial charge < -0.3 is 11.1 Å². The zero-order chi connectivity index (χ0) is 9.52. The van der Waals surface area contributed by atoms with E-state index in [1.807, 2.05) is 0 Å². The lowest BCUT2D eigenvalue weighted by atomic mass is 10.4. The van der Waals surface area contributed by atoms with Crippen LogP contribution in [0.2, 0.25) is 0 Å². The van der Waals surface area contributed by atoms with Crippen LogP contribution in [0.4, 0.5) is 0 Å². The number of nitrogens with one attached hydrogen (secondary N) is 1. The Hall–Kier alpha value is -1.27. The van der Waals surface area contributed by atoms with Crippen LogP contribution in [-0.2, 0) is 0 Å². The summed E-state index contributed by atoms with van der Waals surface area (Å²) in [6.45, 7) is 0.964. The quantitative estimate of drug-likeness (QED) is 0.655. The van der Waals surface area contributed by atoms with Crippen LogP contribution in [0.1, 0.15) is 9.67 Å². The van der Waals surface area contributed by atoms with Gasteiger partial charge in [-0.25, -0.2) is 0 Å². The minimum Gasteiger partial charge on any atom is -0.348 e. The third-order valence-electron chi connectivity index (χ3n) is 1.27. The Morgan fingerprint density at radius 1 is 1.69 bits per heavy atom. The minimum absolute atomic E-state index is 0.156. The van der Waals surface area contributed by atoms with Gasteiger partial charge in [0, 0.05) is 13.1 Å². The Morgan fingerprint density at radius 2 is 2.54 bits per heavy atom. The summed E-state index contributed by atoms with van der Waals surface area (Å²) in [5.41, 5.74) is 5.22. The summed E-state index contributed by atoms with van der Waals surface area (Å²) in [6.07, 6.45) is 5.02. The number of aromatic nitrogens is 2. The average Bonchev–Trinajstić information content (AvgIpc) is 2.65. The molecule has 0 spiro atoms. The number of carbonyl (C=O) groups excluding carboxylic acids is 1. The van der Waals surface area contributed by atoms with Crippen molar-refractivity contribution in [2.24, 2.45) is 5.73 Å². The molecule has 13 heavy (non-hydrogen) atoms. The molecule has 3 N–H and O–H groups in total. The zero-order valence-corrected chi connectivity index (χ0v) is 7.75. The summed E-state index contributed by atoms with van der Waals surface area (Å²) < 4.78 is 3.58. The van der Waals surface area contributed by atoms with Gasteiger partial charge in [0.15, 0.2) is 0 Å². The molecule has 0 aliphatic rings. The molecule has 6 heteroatoms. The van der Waals surface area contributed by atoms with Crippen molar-refractivity contribution in [3.05, 3.63) is 23.2 Å². The van der Waals surface area contributed by atoms with Gasteiger partial charge in [-0.05, 0) is 11.5 Å². The van der Waals surface area contributed by atoms with E-state index >= 15 is 0 Å². The second-order valence-corrected chi connectivity index (χ2v) is 2.98. The monoisotopic (exact) mass is 198 g/mol. The molecule has 0 aromatic carbocycles. The van der Waals surface area contributed by atoms with E-state index in [-0.39, 0.29) is 5.91 Å². The number of nitrogens with two attached hydrogens (primary N) is 1. The van der Waals surface area contributed by atoms with E-state index in [4.69, 9.17) is 5.73 Å². The molecule has 0 atom stereocenters. The molecule has 1 aromatic rings. The molecule has 1 rings (SSSR count). The molecule has 5 nitrogen and oxygen atoms in total. The highest BCUT2D eigenvalue weighted by Gasteiger charge is 2.05. The highest BCUT2D eigenvalue weighted by atomic mass is 32.1. The molecule has 0 aliphatic carbocycles. The summed E-state index contributed by atoms with van der Waals surface area (Å²) >= 11 is 1.07. The lowest BCUT2D eigenvalue weighted by molar-refractivity contribution is 0.0962. The van der Waals surface area contributed by atoms with Crippen LogP contribution in [0, 0.1) is 0 Å². The van der Waals surface area contributed by atoms with Crippen LogP contribution in [0.25, 0.3) is 0 Å². The first-order valence-corrected chi connectivity index (χ1v) is 4.52. The number of nitrogens with zero attached hydrogens (tertiary/aromatic N) is 2. The van der Waals surface area contributed by atoms with Crippen molar-refractivity contribution < 1.29 is 4.79 Å². The zero-order valence-electron chi connectivity index (χ0n) is 6.93. The predicted molar refractivity (Wildman–Crippen MR) is 50.4 cm³/mol. The fourth-order valence-electron chi connectivity index (χ4n) is 0.686. The van der Waals surface area contributed by atoms with Crippen LogP contribution in [0.15, 0.2) is 18.3 Å². The molecule has 1 amide bonds. The third-order valence-corrected chi connectivity index (χ3v) is 1.93. The van der Waals surface area contributed by atoms with Crippen molar-refractivity contribution in [2.75, 3.05) is 13.1 Å². The van der Waals surface area contributed by atoms with Gasteiger partial charge in [0.25, 0.3) is 5.91 Å². The van der Waals surface area contributed by atoms with E-state index in [9.17, 15) is 4.79 Å². The topological polar surface area (TPSA) is 80.9 Å². The molecule has 0 fully saturated rings. The standard InChI is InChI=1S/C7H10N4OS/c8-3-1-2-4-9-7(12)6-5-10-11-13-6/h1-2,5H,3-4,8H2,(H,9,12)/b2-1+. The number of carbonyl (C=O) groups is 1. The third kappa shape index (κ3) is 3.30. The van der Waals surface area contributed by atoms with E-state index in [2.05, 4.69) is 14.9 Å². The van der Waals surface area contributed by atoms with Crippen LogP contribution in [0.5, 0.6) is 0 Å². The normalized spacial score (nSPS) is 10.5. The molecule has 0 radical (unpaired) electrons. The molecular weight excluding hydrogens is 188 g/mol. The van der Waals surface area contributed by atoms with Gasteiger partial charge in [0.2, 0.25) is 0 Å². The molecule has 1 aromatic heterocycles. The SMILES string of the molecule is NC/C=C/CNC(=O)c1cnns1. The summed E-state index contributed by atoms with van der Waals surface area (Å²) in [6, 6.07) is 0. The summed E-state index contributed by atoms with van der Waals surface area (Å²) in [5, 5.41) is 6.23. The number of amides is 1. The molecular formula is C7H10N4OS. The Labute approximate surface area is 79.8 Å². The maximum atomic E-state index is 11.2. The fourth-order valence-corrected chi connectivity index (χ4v) is 1.12. The second kappa shape index (κ2) is 5.39. The van der Waals surface area contributed by atoms with Crippen LogP contribution < -0.4 is 11.1 Å². The highest BCUT2D eigenvalue weighted by molar-refractivity contribution is 7.07. The van der Waals surface area contributed by atoms with E-state index in [0.29, 0.717) is 18.0 Å². The van der Waals surface area contributed by atoms with E-state index in [1.165, 1.54) is 6.20 Å². The van der Waals surface area contributed by atoms with Crippen molar-refractivity contribution in [3.8, 4) is 0 Å². The maximum absolute atomic E-state index is 11.2. The summed E-state index contributed by atoms with van der Waals surface area (Å²) in [7, 11) is 0. The largest absolute Gasteiger partial charge is 0.348 e. The number of rotatable bonds is 4. The lowest BCUT2D eigenvalue weighted by Crippen LogP contribution is -2.22. The second-order valence-electron chi connectivity index (χ2n) is 2.20. The number of hydrogen-bond acceptors (Lipinski definition) is 5. The van der Waals surface area contributed by atoms with Crippen LogP contribution >= 0.6 is 11.5 Å². The fraction of sp³-hybridized carbons (Fsp3) is 0.286. The smallest absolute Gasteiger partial charge is 0.264 e. The predicted octanol–water partition coefficient (Wildman–Crippen LogP) is -0.217. The maximum Gasteiger partial charge on any atom is 0.264 e. The summed E-state index contributed by atoms with van der Waals surface area (Å²) in [4.78, 5) is 11.7. The van der Waals surface area contributed by atoms with Gasteiger partial charge >= 0.3 is 0 Å². The Kier molecular flexibility index (Phi) is 4.07. The first-order valence-electron chi connectivity index (χ1n) is 3.75. The van der Waals surface area contributed by atoms with Gasteiger partial charge in [-0.3, -0.25) is 4.79 Å². The van der Waals surface area contributed by atoms with Crippen LogP contribution in [0.3, 0.4) is 0 Å². The highest BCUT2D eigenvalue weighted by Crippen LogP contribution is 2.00. The lowest BCUT2D eigenvalue weighted by Gasteiger charge is -1.96. The molecule has 0 saturated carbocycles. The first kappa shape index (κ1) is 9.82. The van der Waals surface area contributed by atoms with Crippen molar-refractivity contribution in [1.29, 1.82) is 0 Å². The van der Waals surface area contributed by atoms with Gasteiger partial charge in [0.1, 0.15) is 4.88 Å². The Bertz CT molecular complexity index is 283. The minimum atomic E-state index is -0.156. The Balaban J connectivity index is 2.31. The van der Waals surface area contributed by atoms with Gasteiger partial charge in [-0.2, -0.15) is 0 Å². The van der Waals surface area contributed by atoms with Crippen molar-refractivity contribution in [1.82, 2.24) is 14.9 Å². The molecule has 1 heterocycles. The van der Waals surface area contributed by atoms with Gasteiger partial charge in [0.05, 0.1) is 6.20 Å². The summed E-state index contributed by atoms with van der Waals surface area (Å²) in [5.74, 6) is -0.156. The first-order chi connectivity index (χ1) is 6.34. The van der Waals surface area contributed by atoms with E-state index in [0.717, 1.165) is 11.5 Å². The Morgan fingerprint density at radius 3 is 3.15 bits per heavy atom. The van der Waals surface area contributed by atoms with Crippen LogP contribution in [-0.4, -0.2) is 28.6 Å². The average molecular weight is 198 g/mol. The van der Waals surface area contributed by atoms with Crippen molar-refractivity contribution in [2.45, 2.75) is 0 Å². The van der Waals surface area contributed by atoms with Crippen molar-refractivity contribution in [3.63, 3.8) is 0 Å². The van der Waals surface area contributed by atoms with E-state index in [1.54, 1.807) is 12.2 Å². The molecule has 0 aliphatic heterocycles. The number of hydrogen-bond donors (Lipinski definition) is 2. The molecule has 70 valence electrons. The van der Waals surface area contributed by atoms with Gasteiger partial charge in [-0.1, -0.05) is 16.6 Å². The molecule has 0 bridgehead atoms. The van der Waals surface area contributed by atoms with Crippen molar-refractivity contribution >= 4 is 17.4 Å². The van der Waals surface area contributed by atoms with Gasteiger partial charge in [-0.15, -0.1) is 5.10 Å². The van der Waals surface area contributed by atoms with E-state index < -0.39 is 0 Å². The molecule has 0 unspecified atom stereocenters. The molecule has 0 saturated heterocycles.